The van der Waals surface area contributed by atoms with Crippen LogP contribution in [-0.2, 0) is 20.9 Å². The van der Waals surface area contributed by atoms with Gasteiger partial charge >= 0.3 is 6.09 Å². The first-order valence-corrected chi connectivity index (χ1v) is 7.36. The molecule has 2 rings (SSSR count). The van der Waals surface area contributed by atoms with Crippen LogP contribution in [0.25, 0.3) is 0 Å². The lowest BCUT2D eigenvalue weighted by Crippen LogP contribution is -2.47. The summed E-state index contributed by atoms with van der Waals surface area (Å²) in [5.41, 5.74) is 0.939. The molecular weight excluding hydrogens is 284 g/mol. The summed E-state index contributed by atoms with van der Waals surface area (Å²) in [5.74, 6) is -0.0369. The summed E-state index contributed by atoms with van der Waals surface area (Å²) in [4.78, 5) is 25.0. The number of rotatable bonds is 4. The molecule has 0 radical (unpaired) electrons. The number of benzene rings is 1. The van der Waals surface area contributed by atoms with Gasteiger partial charge in [-0.3, -0.25) is 4.79 Å². The van der Waals surface area contributed by atoms with Gasteiger partial charge in [0.15, 0.2) is 0 Å². The van der Waals surface area contributed by atoms with Gasteiger partial charge in [-0.2, -0.15) is 0 Å². The molecule has 1 N–H and O–H groups in total. The number of hydrogen-bond acceptors (Lipinski definition) is 4. The summed E-state index contributed by atoms with van der Waals surface area (Å²) in [6.45, 7) is 0.562. The highest BCUT2D eigenvalue weighted by Gasteiger charge is 2.28. The summed E-state index contributed by atoms with van der Waals surface area (Å²) in [5, 5.41) is 2.77. The number of carbonyl (C=O) groups excluding carboxylic acids is 2. The lowest BCUT2D eigenvalue weighted by molar-refractivity contribution is -0.144. The Hall–Kier alpha value is -2.08. The van der Waals surface area contributed by atoms with Gasteiger partial charge in [0.05, 0.1) is 12.6 Å². The fourth-order valence-electron chi connectivity index (χ4n) is 2.28. The zero-order valence-electron chi connectivity index (χ0n) is 13.0. The summed E-state index contributed by atoms with van der Waals surface area (Å²) in [7, 11) is 3.41. The van der Waals surface area contributed by atoms with Crippen molar-refractivity contribution in [2.75, 3.05) is 20.7 Å². The standard InChI is InChI=1S/C16H22N2O4/c1-18(2)15(19)14-9-8-13(11-21-14)17-16(20)22-10-12-6-4-3-5-7-12/h3-7,13-14H,8-11H2,1-2H3,(H,17,20)/t13-,14+/m1/s1. The van der Waals surface area contributed by atoms with Gasteiger partial charge in [0.25, 0.3) is 5.91 Å². The van der Waals surface area contributed by atoms with Gasteiger partial charge in [0.2, 0.25) is 0 Å². The van der Waals surface area contributed by atoms with Crippen LogP contribution < -0.4 is 5.32 Å². The molecule has 22 heavy (non-hydrogen) atoms. The minimum Gasteiger partial charge on any atom is -0.445 e. The maximum atomic E-state index is 11.8. The van der Waals surface area contributed by atoms with Crippen LogP contribution in [0, 0.1) is 0 Å². The topological polar surface area (TPSA) is 67.9 Å². The van der Waals surface area contributed by atoms with E-state index in [9.17, 15) is 9.59 Å². The van der Waals surface area contributed by atoms with Crippen LogP contribution in [0.5, 0.6) is 0 Å². The fraction of sp³-hybridized carbons (Fsp3) is 0.500. The van der Waals surface area contributed by atoms with Crippen molar-refractivity contribution in [3.63, 3.8) is 0 Å². The third-order valence-corrected chi connectivity index (χ3v) is 3.53. The molecule has 1 aliphatic rings. The smallest absolute Gasteiger partial charge is 0.407 e. The second kappa shape index (κ2) is 7.79. The Labute approximate surface area is 130 Å². The summed E-state index contributed by atoms with van der Waals surface area (Å²) >= 11 is 0. The minimum atomic E-state index is -0.463. The van der Waals surface area contributed by atoms with E-state index >= 15 is 0 Å². The highest BCUT2D eigenvalue weighted by Crippen LogP contribution is 2.15. The van der Waals surface area contributed by atoms with E-state index in [0.29, 0.717) is 19.4 Å². The van der Waals surface area contributed by atoms with Crippen LogP contribution in [0.4, 0.5) is 4.79 Å². The lowest BCUT2D eigenvalue weighted by Gasteiger charge is -2.29. The van der Waals surface area contributed by atoms with E-state index < -0.39 is 12.2 Å². The Morgan fingerprint density at radius 3 is 2.59 bits per heavy atom. The quantitative estimate of drug-likeness (QED) is 0.916. The van der Waals surface area contributed by atoms with Crippen molar-refractivity contribution in [2.45, 2.75) is 31.6 Å². The average molecular weight is 306 g/mol. The SMILES string of the molecule is CN(C)C(=O)[C@@H]1CC[C@@H](NC(=O)OCc2ccccc2)CO1. The van der Waals surface area contributed by atoms with E-state index in [1.165, 1.54) is 4.90 Å². The summed E-state index contributed by atoms with van der Waals surface area (Å²) in [6, 6.07) is 9.38. The van der Waals surface area contributed by atoms with Gasteiger partial charge in [-0.1, -0.05) is 30.3 Å². The molecule has 1 heterocycles. The van der Waals surface area contributed by atoms with Crippen molar-refractivity contribution in [1.29, 1.82) is 0 Å². The number of nitrogens with zero attached hydrogens (tertiary/aromatic N) is 1. The van der Waals surface area contributed by atoms with Gasteiger partial charge in [0, 0.05) is 14.1 Å². The molecule has 6 heteroatoms. The maximum Gasteiger partial charge on any atom is 0.407 e. The van der Waals surface area contributed by atoms with E-state index in [2.05, 4.69) is 5.32 Å². The van der Waals surface area contributed by atoms with Crippen LogP contribution >= 0.6 is 0 Å². The van der Waals surface area contributed by atoms with E-state index in [-0.39, 0.29) is 18.6 Å². The van der Waals surface area contributed by atoms with Crippen molar-refractivity contribution < 1.29 is 19.1 Å². The van der Waals surface area contributed by atoms with E-state index in [4.69, 9.17) is 9.47 Å². The van der Waals surface area contributed by atoms with Crippen molar-refractivity contribution in [1.82, 2.24) is 10.2 Å². The predicted molar refractivity (Wildman–Crippen MR) is 81.2 cm³/mol. The van der Waals surface area contributed by atoms with Crippen molar-refractivity contribution >= 4 is 12.0 Å². The van der Waals surface area contributed by atoms with Crippen molar-refractivity contribution in [2.24, 2.45) is 0 Å². The molecule has 120 valence electrons. The van der Waals surface area contributed by atoms with Crippen LogP contribution in [0.2, 0.25) is 0 Å². The highest BCUT2D eigenvalue weighted by atomic mass is 16.5. The maximum absolute atomic E-state index is 11.8. The van der Waals surface area contributed by atoms with Crippen LogP contribution in [0.15, 0.2) is 30.3 Å². The zero-order valence-corrected chi connectivity index (χ0v) is 13.0. The zero-order chi connectivity index (χ0) is 15.9. The molecule has 0 unspecified atom stereocenters. The van der Waals surface area contributed by atoms with E-state index in [0.717, 1.165) is 5.56 Å². The molecule has 6 nitrogen and oxygen atoms in total. The van der Waals surface area contributed by atoms with Gasteiger partial charge in [-0.25, -0.2) is 4.79 Å². The molecule has 1 saturated heterocycles. The molecule has 0 saturated carbocycles. The van der Waals surface area contributed by atoms with Crippen LogP contribution in [0.1, 0.15) is 18.4 Å². The molecule has 2 atom stereocenters. The number of carbonyl (C=O) groups is 2. The van der Waals surface area contributed by atoms with E-state index in [1.54, 1.807) is 14.1 Å². The third kappa shape index (κ3) is 4.73. The molecule has 2 amide bonds. The Morgan fingerprint density at radius 2 is 2.00 bits per heavy atom. The monoisotopic (exact) mass is 306 g/mol. The number of ether oxygens (including phenoxy) is 2. The van der Waals surface area contributed by atoms with Gasteiger partial charge in [0.1, 0.15) is 12.7 Å². The Kier molecular flexibility index (Phi) is 5.77. The number of amides is 2. The molecule has 1 fully saturated rings. The summed E-state index contributed by atoms with van der Waals surface area (Å²) < 4.78 is 10.7. The first-order valence-electron chi connectivity index (χ1n) is 7.36. The third-order valence-electron chi connectivity index (χ3n) is 3.53. The van der Waals surface area contributed by atoms with E-state index in [1.807, 2.05) is 30.3 Å². The molecule has 1 aromatic carbocycles. The minimum absolute atomic E-state index is 0.0369. The van der Waals surface area contributed by atoms with Crippen LogP contribution in [0.3, 0.4) is 0 Å². The largest absolute Gasteiger partial charge is 0.445 e. The number of nitrogens with one attached hydrogen (secondary N) is 1. The lowest BCUT2D eigenvalue weighted by atomic mass is 10.0. The predicted octanol–water partition coefficient (Wildman–Crippen LogP) is 1.55. The molecule has 0 bridgehead atoms. The first kappa shape index (κ1) is 16.3. The number of alkyl carbamates (subject to hydrolysis) is 1. The summed E-state index contributed by atoms with van der Waals surface area (Å²) in [6.07, 6.45) is 0.425. The molecular formula is C16H22N2O4. The Balaban J connectivity index is 1.69. The molecule has 1 aromatic rings. The highest BCUT2D eigenvalue weighted by molar-refractivity contribution is 5.80. The Morgan fingerprint density at radius 1 is 1.27 bits per heavy atom. The molecule has 0 aliphatic carbocycles. The second-order valence-electron chi connectivity index (χ2n) is 5.53. The van der Waals surface area contributed by atoms with Crippen molar-refractivity contribution in [3.8, 4) is 0 Å². The normalized spacial score (nSPS) is 21.0. The van der Waals surface area contributed by atoms with Crippen molar-refractivity contribution in [3.05, 3.63) is 35.9 Å². The van der Waals surface area contributed by atoms with Gasteiger partial charge < -0.3 is 19.7 Å². The van der Waals surface area contributed by atoms with Gasteiger partial charge in [-0.05, 0) is 18.4 Å². The Bertz CT molecular complexity index is 496. The van der Waals surface area contributed by atoms with Gasteiger partial charge in [-0.15, -0.1) is 0 Å². The first-order chi connectivity index (χ1) is 10.6. The molecule has 0 spiro atoms. The molecule has 1 aliphatic heterocycles. The number of likely N-dealkylation sites (N-methyl/N-ethyl adjacent to an activating group) is 1. The number of hydrogen-bond donors (Lipinski definition) is 1. The average Bonchev–Trinajstić information content (AvgIpc) is 2.54. The molecule has 0 aromatic heterocycles. The second-order valence-corrected chi connectivity index (χ2v) is 5.53. The van der Waals surface area contributed by atoms with Crippen LogP contribution in [-0.4, -0.2) is 49.7 Å². The fourth-order valence-corrected chi connectivity index (χ4v) is 2.28.